The van der Waals surface area contributed by atoms with Crippen molar-refractivity contribution in [3.63, 3.8) is 0 Å². The van der Waals surface area contributed by atoms with E-state index in [2.05, 4.69) is 15.2 Å². The van der Waals surface area contributed by atoms with Crippen LogP contribution in [0.3, 0.4) is 0 Å². The van der Waals surface area contributed by atoms with Crippen LogP contribution < -0.4 is 5.73 Å². The molecule has 1 aromatic heterocycles. The standard InChI is InChI=1S/C4H6N4O2.ClH/c5-4-6-2(7-8-4)1-3(9)10;/h1H2,(H,9,10)(H3,5,6,7,8);1H. The topological polar surface area (TPSA) is 105 Å². The van der Waals surface area contributed by atoms with E-state index in [0.29, 0.717) is 0 Å². The van der Waals surface area contributed by atoms with Gasteiger partial charge in [-0.25, -0.2) is 0 Å². The van der Waals surface area contributed by atoms with Crippen LogP contribution in [-0.2, 0) is 11.2 Å². The van der Waals surface area contributed by atoms with Crippen molar-refractivity contribution in [3.05, 3.63) is 5.82 Å². The quantitative estimate of drug-likeness (QED) is 0.563. The zero-order valence-corrected chi connectivity index (χ0v) is 6.26. The highest BCUT2D eigenvalue weighted by molar-refractivity contribution is 5.85. The number of carboxylic acid groups (broad SMARTS) is 1. The molecule has 0 atom stereocenters. The molecule has 0 saturated carbocycles. The Labute approximate surface area is 68.2 Å². The second-order valence-electron chi connectivity index (χ2n) is 1.71. The summed E-state index contributed by atoms with van der Waals surface area (Å²) in [5.74, 6) is -0.627. The molecule has 0 saturated heterocycles. The van der Waals surface area contributed by atoms with E-state index in [1.54, 1.807) is 0 Å². The molecule has 0 amide bonds. The van der Waals surface area contributed by atoms with Gasteiger partial charge in [-0.05, 0) is 0 Å². The minimum absolute atomic E-state index is 0. The zero-order chi connectivity index (χ0) is 7.56. The molecule has 4 N–H and O–H groups in total. The molecule has 0 spiro atoms. The molecule has 1 heterocycles. The minimum Gasteiger partial charge on any atom is -0.481 e. The van der Waals surface area contributed by atoms with Gasteiger partial charge in [0.15, 0.2) is 0 Å². The summed E-state index contributed by atoms with van der Waals surface area (Å²) in [7, 11) is 0. The number of aliphatic carboxylic acids is 1. The van der Waals surface area contributed by atoms with Crippen LogP contribution in [0, 0.1) is 0 Å². The van der Waals surface area contributed by atoms with Crippen molar-refractivity contribution in [1.82, 2.24) is 15.2 Å². The predicted molar refractivity (Wildman–Crippen MR) is 39.4 cm³/mol. The first-order valence-corrected chi connectivity index (χ1v) is 2.57. The van der Waals surface area contributed by atoms with Crippen molar-refractivity contribution in [2.75, 3.05) is 5.73 Å². The van der Waals surface area contributed by atoms with Gasteiger partial charge in [-0.15, -0.1) is 17.5 Å². The summed E-state index contributed by atoms with van der Waals surface area (Å²) in [4.78, 5) is 13.6. The third kappa shape index (κ3) is 2.85. The van der Waals surface area contributed by atoms with Crippen LogP contribution in [0.1, 0.15) is 5.82 Å². The lowest BCUT2D eigenvalue weighted by atomic mass is 10.4. The number of nitrogens with zero attached hydrogens (tertiary/aromatic N) is 2. The number of nitrogen functional groups attached to an aromatic ring is 1. The van der Waals surface area contributed by atoms with Gasteiger partial charge in [-0.1, -0.05) is 0 Å². The van der Waals surface area contributed by atoms with Crippen LogP contribution in [0.2, 0.25) is 0 Å². The Morgan fingerprint density at radius 3 is 2.73 bits per heavy atom. The van der Waals surface area contributed by atoms with E-state index in [4.69, 9.17) is 10.8 Å². The highest BCUT2D eigenvalue weighted by Gasteiger charge is 2.03. The van der Waals surface area contributed by atoms with E-state index in [0.717, 1.165) is 0 Å². The number of H-pyrrole nitrogens is 1. The second kappa shape index (κ2) is 3.77. The maximum atomic E-state index is 10.0. The molecule has 0 aliphatic heterocycles. The van der Waals surface area contributed by atoms with E-state index >= 15 is 0 Å². The van der Waals surface area contributed by atoms with Crippen molar-refractivity contribution < 1.29 is 9.90 Å². The first-order chi connectivity index (χ1) is 4.68. The molecule has 6 nitrogen and oxygen atoms in total. The van der Waals surface area contributed by atoms with E-state index in [-0.39, 0.29) is 30.6 Å². The van der Waals surface area contributed by atoms with Crippen LogP contribution in [0.15, 0.2) is 0 Å². The van der Waals surface area contributed by atoms with E-state index in [1.165, 1.54) is 0 Å². The van der Waals surface area contributed by atoms with E-state index in [1.807, 2.05) is 0 Å². The van der Waals surface area contributed by atoms with Crippen molar-refractivity contribution in [2.24, 2.45) is 0 Å². The first-order valence-electron chi connectivity index (χ1n) is 2.57. The Morgan fingerprint density at radius 2 is 2.36 bits per heavy atom. The van der Waals surface area contributed by atoms with Crippen LogP contribution in [-0.4, -0.2) is 26.3 Å². The van der Waals surface area contributed by atoms with Crippen molar-refractivity contribution in [1.29, 1.82) is 0 Å². The van der Waals surface area contributed by atoms with Gasteiger partial charge >= 0.3 is 5.97 Å². The molecule has 7 heteroatoms. The van der Waals surface area contributed by atoms with Crippen LogP contribution in [0.4, 0.5) is 5.95 Å². The molecule has 0 aromatic carbocycles. The fourth-order valence-electron chi connectivity index (χ4n) is 0.532. The summed E-state index contributed by atoms with van der Waals surface area (Å²) < 4.78 is 0. The number of anilines is 1. The van der Waals surface area contributed by atoms with Gasteiger partial charge < -0.3 is 10.8 Å². The minimum atomic E-state index is -0.962. The number of rotatable bonds is 2. The molecule has 0 unspecified atom stereocenters. The number of halogens is 1. The molecular weight excluding hydrogens is 172 g/mol. The second-order valence-corrected chi connectivity index (χ2v) is 1.71. The maximum Gasteiger partial charge on any atom is 0.311 e. The highest BCUT2D eigenvalue weighted by Crippen LogP contribution is 1.92. The number of nitrogens with one attached hydrogen (secondary N) is 1. The number of carboxylic acids is 1. The monoisotopic (exact) mass is 178 g/mol. The molecule has 11 heavy (non-hydrogen) atoms. The Balaban J connectivity index is 0.000001000. The molecular formula is C4H7ClN4O2. The van der Waals surface area contributed by atoms with Gasteiger partial charge in [0.05, 0.1) is 0 Å². The predicted octanol–water partition coefficient (Wildman–Crippen LogP) is -0.564. The molecule has 1 aromatic rings. The smallest absolute Gasteiger partial charge is 0.311 e. The van der Waals surface area contributed by atoms with Crippen LogP contribution in [0.25, 0.3) is 0 Å². The first kappa shape index (κ1) is 9.70. The van der Waals surface area contributed by atoms with Crippen LogP contribution >= 0.6 is 12.4 Å². The lowest BCUT2D eigenvalue weighted by molar-refractivity contribution is -0.136. The summed E-state index contributed by atoms with van der Waals surface area (Å²) >= 11 is 0. The fourth-order valence-corrected chi connectivity index (χ4v) is 0.532. The Kier molecular flexibility index (Phi) is 3.32. The number of carbonyl (C=O) groups is 1. The lowest BCUT2D eigenvalue weighted by Crippen LogP contribution is -2.01. The van der Waals surface area contributed by atoms with Crippen molar-refractivity contribution in [3.8, 4) is 0 Å². The van der Waals surface area contributed by atoms with Gasteiger partial charge in [0, 0.05) is 0 Å². The molecule has 0 radical (unpaired) electrons. The molecule has 0 aliphatic carbocycles. The molecule has 0 bridgehead atoms. The summed E-state index contributed by atoms with van der Waals surface area (Å²) in [6.45, 7) is 0. The Bertz CT molecular complexity index is 248. The number of nitrogens with two attached hydrogens (primary N) is 1. The molecule has 0 fully saturated rings. The van der Waals surface area contributed by atoms with Crippen molar-refractivity contribution in [2.45, 2.75) is 6.42 Å². The summed E-state index contributed by atoms with van der Waals surface area (Å²) in [6, 6.07) is 0. The summed E-state index contributed by atoms with van der Waals surface area (Å²) in [6.07, 6.45) is -0.176. The maximum absolute atomic E-state index is 10.0. The SMILES string of the molecule is Cl.Nc1n[nH]c(CC(=O)O)n1. The summed E-state index contributed by atoms with van der Waals surface area (Å²) in [5.41, 5.74) is 5.11. The highest BCUT2D eigenvalue weighted by atomic mass is 35.5. The number of aromatic amines is 1. The number of hydrogen-bond donors (Lipinski definition) is 3. The van der Waals surface area contributed by atoms with Gasteiger partial charge in [0.1, 0.15) is 12.2 Å². The Morgan fingerprint density at radius 1 is 1.73 bits per heavy atom. The number of hydrogen-bond acceptors (Lipinski definition) is 4. The summed E-state index contributed by atoms with van der Waals surface area (Å²) in [5, 5.41) is 14.1. The van der Waals surface area contributed by atoms with Crippen LogP contribution in [0.5, 0.6) is 0 Å². The average Bonchev–Trinajstić information content (AvgIpc) is 2.13. The lowest BCUT2D eigenvalue weighted by Gasteiger charge is -1.84. The normalized spacial score (nSPS) is 8.73. The van der Waals surface area contributed by atoms with Gasteiger partial charge in [-0.2, -0.15) is 4.98 Å². The Hall–Kier alpha value is -1.30. The van der Waals surface area contributed by atoms with Gasteiger partial charge in [0.25, 0.3) is 0 Å². The fraction of sp³-hybridized carbons (Fsp3) is 0.250. The molecule has 62 valence electrons. The largest absolute Gasteiger partial charge is 0.481 e. The van der Waals surface area contributed by atoms with E-state index < -0.39 is 5.97 Å². The number of aromatic nitrogens is 3. The van der Waals surface area contributed by atoms with Gasteiger partial charge in [0.2, 0.25) is 5.95 Å². The van der Waals surface area contributed by atoms with Gasteiger partial charge in [-0.3, -0.25) is 9.89 Å². The average molecular weight is 179 g/mol. The third-order valence-corrected chi connectivity index (χ3v) is 0.868. The van der Waals surface area contributed by atoms with E-state index in [9.17, 15) is 4.79 Å². The van der Waals surface area contributed by atoms with Crippen molar-refractivity contribution >= 4 is 24.3 Å². The molecule has 1 rings (SSSR count). The zero-order valence-electron chi connectivity index (χ0n) is 5.44. The molecule has 0 aliphatic rings. The third-order valence-electron chi connectivity index (χ3n) is 0.868.